The number of nitrogens with zero attached hydrogens (tertiary/aromatic N) is 2. The fraction of sp³-hybridized carbons (Fsp3) is 0.0455. The third-order valence-corrected chi connectivity index (χ3v) is 4.76. The quantitative estimate of drug-likeness (QED) is 0.618. The van der Waals surface area contributed by atoms with Gasteiger partial charge in [-0.25, -0.2) is 0 Å². The van der Waals surface area contributed by atoms with Gasteiger partial charge in [-0.05, 0) is 43.3 Å². The van der Waals surface area contributed by atoms with Gasteiger partial charge in [0.1, 0.15) is 11.5 Å². The molecule has 0 unspecified atom stereocenters. The number of hydrazone groups is 1. The van der Waals surface area contributed by atoms with Crippen LogP contribution < -0.4 is 10.1 Å². The lowest BCUT2D eigenvalue weighted by Crippen LogP contribution is -2.22. The highest BCUT2D eigenvalue weighted by Gasteiger charge is 2.28. The van der Waals surface area contributed by atoms with Gasteiger partial charge in [0.15, 0.2) is 0 Å². The van der Waals surface area contributed by atoms with Gasteiger partial charge in [-0.1, -0.05) is 41.9 Å². The van der Waals surface area contributed by atoms with Crippen molar-refractivity contribution >= 4 is 41.0 Å². The standard InChI is InChI=1S/C22H15ClN2O4/c1-13-18(21(26)25(24-13)15-5-3-2-4-6-15)12-16-8-10-20(29-16)14-7-9-17(22(27)28)19(23)11-14/h2-12H,1H3,(H,27,28)/p-1/b18-12+. The van der Waals surface area contributed by atoms with Crippen molar-refractivity contribution in [2.24, 2.45) is 5.10 Å². The van der Waals surface area contributed by atoms with Gasteiger partial charge in [-0.15, -0.1) is 0 Å². The molecule has 6 nitrogen and oxygen atoms in total. The lowest BCUT2D eigenvalue weighted by molar-refractivity contribution is -0.255. The highest BCUT2D eigenvalue weighted by Crippen LogP contribution is 2.29. The Kier molecular flexibility index (Phi) is 4.78. The van der Waals surface area contributed by atoms with E-state index < -0.39 is 5.97 Å². The van der Waals surface area contributed by atoms with Crippen LogP contribution in [0.2, 0.25) is 5.02 Å². The number of hydrogen-bond donors (Lipinski definition) is 0. The first kappa shape index (κ1) is 18.7. The van der Waals surface area contributed by atoms with Crippen LogP contribution in [0.1, 0.15) is 23.0 Å². The molecule has 0 fully saturated rings. The number of aromatic carboxylic acids is 1. The molecule has 0 saturated heterocycles. The van der Waals surface area contributed by atoms with E-state index in [-0.39, 0.29) is 16.5 Å². The number of amides is 1. The Bertz CT molecular complexity index is 1180. The molecule has 0 aliphatic carbocycles. The smallest absolute Gasteiger partial charge is 0.280 e. The highest BCUT2D eigenvalue weighted by atomic mass is 35.5. The summed E-state index contributed by atoms with van der Waals surface area (Å²) in [5, 5.41) is 16.7. The van der Waals surface area contributed by atoms with Crippen molar-refractivity contribution in [2.75, 3.05) is 5.01 Å². The third kappa shape index (κ3) is 3.58. The third-order valence-electron chi connectivity index (χ3n) is 4.45. The second-order valence-electron chi connectivity index (χ2n) is 6.38. The summed E-state index contributed by atoms with van der Waals surface area (Å²) in [6, 6.07) is 17.0. The number of carboxylic acid groups (broad SMARTS) is 1. The van der Waals surface area contributed by atoms with E-state index in [1.807, 2.05) is 30.3 Å². The number of benzene rings is 2. The summed E-state index contributed by atoms with van der Waals surface area (Å²) in [6.07, 6.45) is 1.63. The number of hydrogen-bond acceptors (Lipinski definition) is 5. The summed E-state index contributed by atoms with van der Waals surface area (Å²) in [5.41, 5.74) is 2.22. The van der Waals surface area contributed by atoms with Crippen molar-refractivity contribution < 1.29 is 19.1 Å². The highest BCUT2D eigenvalue weighted by molar-refractivity contribution is 6.33. The van der Waals surface area contributed by atoms with Gasteiger partial charge < -0.3 is 14.3 Å². The number of carbonyl (C=O) groups is 2. The van der Waals surface area contributed by atoms with Crippen LogP contribution in [0.5, 0.6) is 0 Å². The van der Waals surface area contributed by atoms with E-state index in [1.54, 1.807) is 31.2 Å². The van der Waals surface area contributed by atoms with E-state index in [9.17, 15) is 14.7 Å². The Hall–Kier alpha value is -3.64. The van der Waals surface area contributed by atoms with Gasteiger partial charge in [0.25, 0.3) is 5.91 Å². The molecule has 0 radical (unpaired) electrons. The minimum Gasteiger partial charge on any atom is -0.545 e. The van der Waals surface area contributed by atoms with Crippen LogP contribution in [0.4, 0.5) is 5.69 Å². The summed E-state index contributed by atoms with van der Waals surface area (Å²) in [7, 11) is 0. The number of halogens is 1. The molecule has 2 heterocycles. The molecule has 0 bridgehead atoms. The fourth-order valence-electron chi connectivity index (χ4n) is 2.99. The van der Waals surface area contributed by atoms with Crippen molar-refractivity contribution in [1.29, 1.82) is 0 Å². The Labute approximate surface area is 171 Å². The van der Waals surface area contributed by atoms with E-state index in [2.05, 4.69) is 5.10 Å². The van der Waals surface area contributed by atoms with Crippen LogP contribution in [0.3, 0.4) is 0 Å². The first-order chi connectivity index (χ1) is 13.9. The normalized spacial score (nSPS) is 15.1. The van der Waals surface area contributed by atoms with Gasteiger partial charge in [-0.2, -0.15) is 10.1 Å². The van der Waals surface area contributed by atoms with Gasteiger partial charge in [-0.3, -0.25) is 4.79 Å². The van der Waals surface area contributed by atoms with E-state index in [4.69, 9.17) is 16.0 Å². The van der Waals surface area contributed by atoms with Crippen LogP contribution in [0.25, 0.3) is 17.4 Å². The largest absolute Gasteiger partial charge is 0.545 e. The number of rotatable bonds is 4. The van der Waals surface area contributed by atoms with Gasteiger partial charge in [0.2, 0.25) is 0 Å². The van der Waals surface area contributed by atoms with E-state index >= 15 is 0 Å². The Balaban J connectivity index is 1.61. The predicted molar refractivity (Wildman–Crippen MR) is 108 cm³/mol. The number of furan rings is 1. The van der Waals surface area contributed by atoms with Crippen LogP contribution in [0.15, 0.2) is 75.8 Å². The monoisotopic (exact) mass is 405 g/mol. The number of para-hydroxylation sites is 1. The van der Waals surface area contributed by atoms with E-state index in [0.717, 1.165) is 0 Å². The molecule has 1 amide bonds. The molecule has 2 aromatic carbocycles. The summed E-state index contributed by atoms with van der Waals surface area (Å²) in [6.45, 7) is 1.76. The molecule has 1 aliphatic heterocycles. The summed E-state index contributed by atoms with van der Waals surface area (Å²) < 4.78 is 5.80. The minimum absolute atomic E-state index is 0.0613. The first-order valence-electron chi connectivity index (χ1n) is 8.72. The van der Waals surface area contributed by atoms with E-state index in [0.29, 0.717) is 34.1 Å². The summed E-state index contributed by atoms with van der Waals surface area (Å²) in [4.78, 5) is 23.7. The SMILES string of the molecule is CC1=NN(c2ccccc2)C(=O)/C1=C/c1ccc(-c2ccc(C(=O)[O-])c(Cl)c2)o1. The molecule has 4 rings (SSSR count). The topological polar surface area (TPSA) is 85.9 Å². The number of carbonyl (C=O) groups excluding carboxylic acids is 2. The van der Waals surface area contributed by atoms with Crippen molar-refractivity contribution in [3.63, 3.8) is 0 Å². The zero-order valence-electron chi connectivity index (χ0n) is 15.3. The number of carboxylic acids is 1. The van der Waals surface area contributed by atoms with E-state index in [1.165, 1.54) is 17.1 Å². The molecule has 7 heteroatoms. The van der Waals surface area contributed by atoms with Gasteiger partial charge in [0.05, 0.1) is 28.0 Å². The predicted octanol–water partition coefficient (Wildman–Crippen LogP) is 3.77. The van der Waals surface area contributed by atoms with Crippen LogP contribution in [-0.2, 0) is 4.79 Å². The molecule has 3 aromatic rings. The number of anilines is 1. The summed E-state index contributed by atoms with van der Waals surface area (Å²) in [5.74, 6) is -0.631. The van der Waals surface area contributed by atoms with Crippen molar-refractivity contribution in [2.45, 2.75) is 6.92 Å². The lowest BCUT2D eigenvalue weighted by atomic mass is 10.1. The molecule has 1 aromatic heterocycles. The Morgan fingerprint density at radius 2 is 1.90 bits per heavy atom. The van der Waals surface area contributed by atoms with Crippen LogP contribution >= 0.6 is 11.6 Å². The maximum Gasteiger partial charge on any atom is 0.280 e. The molecule has 29 heavy (non-hydrogen) atoms. The van der Waals surface area contributed by atoms with Crippen LogP contribution in [-0.4, -0.2) is 17.6 Å². The van der Waals surface area contributed by atoms with Crippen LogP contribution in [0, 0.1) is 0 Å². The maximum absolute atomic E-state index is 12.8. The minimum atomic E-state index is -1.34. The van der Waals surface area contributed by atoms with Gasteiger partial charge in [0, 0.05) is 11.1 Å². The summed E-state index contributed by atoms with van der Waals surface area (Å²) >= 11 is 5.99. The first-order valence-corrected chi connectivity index (χ1v) is 9.10. The molecule has 1 aliphatic rings. The molecular formula is C22H14ClN2O4-. The molecule has 0 spiro atoms. The molecule has 0 saturated carbocycles. The Morgan fingerprint density at radius 3 is 2.59 bits per heavy atom. The molecular weight excluding hydrogens is 392 g/mol. The van der Waals surface area contributed by atoms with Gasteiger partial charge >= 0.3 is 0 Å². The van der Waals surface area contributed by atoms with Crippen molar-refractivity contribution in [3.8, 4) is 11.3 Å². The van der Waals surface area contributed by atoms with Crippen molar-refractivity contribution in [3.05, 3.63) is 82.6 Å². The molecule has 0 atom stereocenters. The fourth-order valence-corrected chi connectivity index (χ4v) is 3.25. The molecule has 144 valence electrons. The average Bonchev–Trinajstić information content (AvgIpc) is 3.28. The zero-order chi connectivity index (χ0) is 20.5. The van der Waals surface area contributed by atoms with Crippen molar-refractivity contribution in [1.82, 2.24) is 0 Å². The lowest BCUT2D eigenvalue weighted by Gasteiger charge is -2.10. The maximum atomic E-state index is 12.8. The second kappa shape index (κ2) is 7.41. The molecule has 0 N–H and O–H groups in total. The zero-order valence-corrected chi connectivity index (χ0v) is 16.0. The average molecular weight is 406 g/mol. The second-order valence-corrected chi connectivity index (χ2v) is 6.79. The Morgan fingerprint density at radius 1 is 1.14 bits per heavy atom.